The first kappa shape index (κ1) is 13.5. The summed E-state index contributed by atoms with van der Waals surface area (Å²) in [6.07, 6.45) is -5.17. The molecule has 1 aromatic heterocycles. The number of aryl methyl sites for hydroxylation is 1. The summed E-state index contributed by atoms with van der Waals surface area (Å²) >= 11 is 4.38. The number of hydrogen-bond donors (Lipinski definition) is 0. The lowest BCUT2D eigenvalue weighted by Gasteiger charge is -2.04. The number of nitrogens with zero attached hydrogens (tertiary/aromatic N) is 1. The maximum absolute atomic E-state index is 12.3. The van der Waals surface area contributed by atoms with Crippen molar-refractivity contribution in [2.45, 2.75) is 19.5 Å². The Kier molecular flexibility index (Phi) is 3.77. The van der Waals surface area contributed by atoms with Crippen molar-refractivity contribution in [1.82, 2.24) is 4.98 Å². The van der Waals surface area contributed by atoms with Crippen LogP contribution in [-0.2, 0) is 6.42 Å². The zero-order valence-corrected chi connectivity index (χ0v) is 11.8. The number of hydrogen-bond acceptors (Lipinski definition) is 2. The first-order valence-corrected chi connectivity index (χ1v) is 6.80. The van der Waals surface area contributed by atoms with Gasteiger partial charge in [-0.3, -0.25) is 0 Å². The van der Waals surface area contributed by atoms with Gasteiger partial charge >= 0.3 is 6.18 Å². The number of rotatable bonds is 2. The Balaban J connectivity index is 2.32. The lowest BCUT2D eigenvalue weighted by Crippen LogP contribution is -2.11. The summed E-state index contributed by atoms with van der Waals surface area (Å²) in [5.74, 6) is 0. The van der Waals surface area contributed by atoms with E-state index in [0.717, 1.165) is 26.9 Å². The molecule has 18 heavy (non-hydrogen) atoms. The third kappa shape index (κ3) is 3.32. The van der Waals surface area contributed by atoms with E-state index in [1.807, 2.05) is 25.1 Å². The van der Waals surface area contributed by atoms with E-state index in [1.54, 1.807) is 5.38 Å². The van der Waals surface area contributed by atoms with Crippen LogP contribution in [0.3, 0.4) is 0 Å². The van der Waals surface area contributed by atoms with Crippen molar-refractivity contribution in [1.29, 1.82) is 0 Å². The van der Waals surface area contributed by atoms with Crippen molar-refractivity contribution in [3.8, 4) is 11.3 Å². The molecule has 0 aliphatic carbocycles. The molecule has 0 radical (unpaired) electrons. The summed E-state index contributed by atoms with van der Waals surface area (Å²) in [7, 11) is 0. The van der Waals surface area contributed by atoms with Crippen molar-refractivity contribution in [2.75, 3.05) is 0 Å². The van der Waals surface area contributed by atoms with Crippen LogP contribution < -0.4 is 0 Å². The second-order valence-electron chi connectivity index (χ2n) is 3.88. The van der Waals surface area contributed by atoms with E-state index in [0.29, 0.717) is 5.69 Å². The molecule has 6 heteroatoms. The quantitative estimate of drug-likeness (QED) is 0.753. The van der Waals surface area contributed by atoms with E-state index in [9.17, 15) is 13.2 Å². The van der Waals surface area contributed by atoms with Crippen LogP contribution in [0.1, 0.15) is 10.6 Å². The molecule has 0 saturated heterocycles. The molecule has 0 atom stereocenters. The van der Waals surface area contributed by atoms with E-state index in [-0.39, 0.29) is 5.01 Å². The van der Waals surface area contributed by atoms with Gasteiger partial charge in [-0.05, 0) is 24.6 Å². The number of aromatic nitrogens is 1. The summed E-state index contributed by atoms with van der Waals surface area (Å²) in [5.41, 5.74) is 2.44. The monoisotopic (exact) mass is 335 g/mol. The fourth-order valence-electron chi connectivity index (χ4n) is 1.56. The van der Waals surface area contributed by atoms with Crippen LogP contribution in [0, 0.1) is 6.92 Å². The normalized spacial score (nSPS) is 11.8. The standard InChI is InChI=1S/C12H9BrF3NS/c1-7-2-3-8(13)4-9(7)10-6-18-11(17-10)5-12(14,15)16/h2-4,6H,5H2,1H3. The van der Waals surface area contributed by atoms with Crippen LogP contribution in [0.5, 0.6) is 0 Å². The SMILES string of the molecule is Cc1ccc(Br)cc1-c1csc(CC(F)(F)F)n1. The van der Waals surface area contributed by atoms with Gasteiger partial charge in [0.1, 0.15) is 5.01 Å². The molecule has 0 bridgehead atoms. The zero-order chi connectivity index (χ0) is 13.3. The van der Waals surface area contributed by atoms with E-state index in [1.165, 1.54) is 0 Å². The second-order valence-corrected chi connectivity index (χ2v) is 5.74. The Hall–Kier alpha value is -0.880. The highest BCUT2D eigenvalue weighted by molar-refractivity contribution is 9.10. The van der Waals surface area contributed by atoms with Crippen LogP contribution in [0.4, 0.5) is 13.2 Å². The van der Waals surface area contributed by atoms with Gasteiger partial charge in [0.25, 0.3) is 0 Å². The van der Waals surface area contributed by atoms with Crippen molar-refractivity contribution in [3.05, 3.63) is 38.6 Å². The first-order chi connectivity index (χ1) is 8.35. The van der Waals surface area contributed by atoms with Gasteiger partial charge in [0, 0.05) is 15.4 Å². The molecule has 2 rings (SSSR count). The summed E-state index contributed by atoms with van der Waals surface area (Å²) < 4.78 is 37.6. The molecule has 0 unspecified atom stereocenters. The highest BCUT2D eigenvalue weighted by atomic mass is 79.9. The summed E-state index contributed by atoms with van der Waals surface area (Å²) in [5, 5.41) is 1.76. The lowest BCUT2D eigenvalue weighted by molar-refractivity contribution is -0.127. The average Bonchev–Trinajstić information content (AvgIpc) is 2.67. The van der Waals surface area contributed by atoms with Crippen LogP contribution in [0.25, 0.3) is 11.3 Å². The van der Waals surface area contributed by atoms with Gasteiger partial charge in [-0.2, -0.15) is 13.2 Å². The van der Waals surface area contributed by atoms with Gasteiger partial charge < -0.3 is 0 Å². The minimum atomic E-state index is -4.21. The Morgan fingerprint density at radius 1 is 1.33 bits per heavy atom. The van der Waals surface area contributed by atoms with Crippen molar-refractivity contribution < 1.29 is 13.2 Å². The molecule has 1 heterocycles. The second kappa shape index (κ2) is 5.01. The topological polar surface area (TPSA) is 12.9 Å². The highest BCUT2D eigenvalue weighted by Gasteiger charge is 2.29. The molecule has 96 valence electrons. The summed E-state index contributed by atoms with van der Waals surface area (Å²) in [4.78, 5) is 4.05. The van der Waals surface area contributed by atoms with Crippen molar-refractivity contribution in [2.24, 2.45) is 0 Å². The van der Waals surface area contributed by atoms with E-state index in [4.69, 9.17) is 0 Å². The molecule has 0 amide bonds. The maximum atomic E-state index is 12.3. The van der Waals surface area contributed by atoms with E-state index < -0.39 is 12.6 Å². The molecule has 2 aromatic rings. The molecule has 0 saturated carbocycles. The number of benzene rings is 1. The average molecular weight is 336 g/mol. The Morgan fingerprint density at radius 2 is 2.06 bits per heavy atom. The van der Waals surface area contributed by atoms with Gasteiger partial charge in [0.2, 0.25) is 0 Å². The highest BCUT2D eigenvalue weighted by Crippen LogP contribution is 2.30. The number of alkyl halides is 3. The minimum Gasteiger partial charge on any atom is -0.241 e. The molecule has 0 spiro atoms. The Labute approximate surface area is 115 Å². The van der Waals surface area contributed by atoms with E-state index in [2.05, 4.69) is 20.9 Å². The minimum absolute atomic E-state index is 0.0943. The lowest BCUT2D eigenvalue weighted by atomic mass is 10.1. The van der Waals surface area contributed by atoms with Crippen molar-refractivity contribution >= 4 is 27.3 Å². The van der Waals surface area contributed by atoms with Gasteiger partial charge in [-0.15, -0.1) is 11.3 Å². The predicted octanol–water partition coefficient (Wildman–Crippen LogP) is 4.99. The maximum Gasteiger partial charge on any atom is 0.395 e. The van der Waals surface area contributed by atoms with Gasteiger partial charge in [-0.1, -0.05) is 22.0 Å². The number of thiazole rings is 1. The fourth-order valence-corrected chi connectivity index (χ4v) is 2.74. The summed E-state index contributed by atoms with van der Waals surface area (Å²) in [6.45, 7) is 1.91. The molecule has 0 N–H and O–H groups in total. The molecular weight excluding hydrogens is 327 g/mol. The molecular formula is C12H9BrF3NS. The van der Waals surface area contributed by atoms with Crippen LogP contribution >= 0.6 is 27.3 Å². The number of halogens is 4. The van der Waals surface area contributed by atoms with Crippen LogP contribution in [0.2, 0.25) is 0 Å². The van der Waals surface area contributed by atoms with Gasteiger partial charge in [-0.25, -0.2) is 4.98 Å². The largest absolute Gasteiger partial charge is 0.395 e. The molecule has 0 fully saturated rings. The molecule has 1 nitrogen and oxygen atoms in total. The van der Waals surface area contributed by atoms with Gasteiger partial charge in [0.15, 0.2) is 0 Å². The zero-order valence-electron chi connectivity index (χ0n) is 9.38. The van der Waals surface area contributed by atoms with E-state index >= 15 is 0 Å². The predicted molar refractivity (Wildman–Crippen MR) is 69.7 cm³/mol. The molecule has 1 aromatic carbocycles. The smallest absolute Gasteiger partial charge is 0.241 e. The molecule has 0 aliphatic rings. The van der Waals surface area contributed by atoms with Gasteiger partial charge in [0.05, 0.1) is 12.1 Å². The third-order valence-electron chi connectivity index (χ3n) is 2.38. The fraction of sp³-hybridized carbons (Fsp3) is 0.250. The van der Waals surface area contributed by atoms with Crippen LogP contribution in [0.15, 0.2) is 28.1 Å². The Morgan fingerprint density at radius 3 is 2.72 bits per heavy atom. The van der Waals surface area contributed by atoms with Crippen LogP contribution in [-0.4, -0.2) is 11.2 Å². The first-order valence-electron chi connectivity index (χ1n) is 5.13. The third-order valence-corrected chi connectivity index (χ3v) is 3.72. The summed E-state index contributed by atoms with van der Waals surface area (Å²) in [6, 6.07) is 5.66. The molecule has 0 aliphatic heterocycles. The van der Waals surface area contributed by atoms with Crippen molar-refractivity contribution in [3.63, 3.8) is 0 Å². The Bertz CT molecular complexity index is 563.